The van der Waals surface area contributed by atoms with Crippen LogP contribution in [0.3, 0.4) is 0 Å². The van der Waals surface area contributed by atoms with Crippen molar-refractivity contribution in [3.63, 3.8) is 0 Å². The molecule has 0 amide bonds. The lowest BCUT2D eigenvalue weighted by Gasteiger charge is -2.63. The average Bonchev–Trinajstić information content (AvgIpc) is 3.31. The summed E-state index contributed by atoms with van der Waals surface area (Å²) in [6.07, 6.45) is 12.5. The van der Waals surface area contributed by atoms with Gasteiger partial charge in [-0.05, 0) is 140 Å². The summed E-state index contributed by atoms with van der Waals surface area (Å²) in [5.41, 5.74) is 2.81. The third kappa shape index (κ3) is 6.49. The molecule has 0 aromatic heterocycles. The number of rotatable bonds is 9. The van der Waals surface area contributed by atoms with Crippen LogP contribution in [-0.4, -0.2) is 25.3 Å². The highest BCUT2D eigenvalue weighted by atomic mass is 28.4. The summed E-state index contributed by atoms with van der Waals surface area (Å²) in [6, 6.07) is 15.9. The smallest absolute Gasteiger partial charge is 0.192 e. The van der Waals surface area contributed by atoms with Gasteiger partial charge in [0, 0.05) is 18.9 Å². The normalized spacial score (nSPS) is 34.5. The van der Waals surface area contributed by atoms with Crippen molar-refractivity contribution < 1.29 is 19.1 Å². The van der Waals surface area contributed by atoms with Gasteiger partial charge in [0.15, 0.2) is 8.32 Å². The average molecular weight is 645 g/mol. The van der Waals surface area contributed by atoms with E-state index in [2.05, 4.69) is 65.9 Å². The molecule has 252 valence electrons. The Balaban J connectivity index is 1.19. The van der Waals surface area contributed by atoms with Crippen LogP contribution >= 0.6 is 0 Å². The van der Waals surface area contributed by atoms with Crippen LogP contribution in [-0.2, 0) is 22.2 Å². The van der Waals surface area contributed by atoms with E-state index < -0.39 is 8.32 Å². The summed E-state index contributed by atoms with van der Waals surface area (Å²) in [4.78, 5) is 12.8. The predicted octanol–water partition coefficient (Wildman–Crippen LogP) is 10.5. The van der Waals surface area contributed by atoms with Crippen LogP contribution in [0, 0.1) is 40.4 Å². The number of aromatic hydroxyl groups is 1. The number of ether oxygens (including phenoxy) is 1. The van der Waals surface area contributed by atoms with Crippen LogP contribution < -0.4 is 4.74 Å². The SMILES string of the molecule is CC(C)(C)[Si](C)(C)O[C@H]1CC[C@H]2[C@@H]3[C@H](CCCc4cc(O)cc(OCc5ccccc5)c4)C[C@H]4CC(=O)CC[C@]4(C)[C@H]3CC[C@]12C. The molecular weight excluding hydrogens is 585 g/mol. The highest BCUT2D eigenvalue weighted by Gasteiger charge is 2.63. The van der Waals surface area contributed by atoms with Crippen molar-refractivity contribution in [3.05, 3.63) is 59.7 Å². The van der Waals surface area contributed by atoms with Crippen LogP contribution in [0.4, 0.5) is 0 Å². The minimum absolute atomic E-state index is 0.222. The highest BCUT2D eigenvalue weighted by molar-refractivity contribution is 6.74. The summed E-state index contributed by atoms with van der Waals surface area (Å²) in [7, 11) is -1.87. The van der Waals surface area contributed by atoms with E-state index in [1.54, 1.807) is 6.07 Å². The molecule has 4 aliphatic carbocycles. The van der Waals surface area contributed by atoms with Crippen molar-refractivity contribution in [2.24, 2.45) is 40.4 Å². The lowest BCUT2D eigenvalue weighted by Crippen LogP contribution is -2.58. The van der Waals surface area contributed by atoms with Gasteiger partial charge in [-0.1, -0.05) is 65.0 Å². The fourth-order valence-electron chi connectivity index (χ4n) is 10.4. The molecule has 0 spiro atoms. The number of phenols is 1. The predicted molar refractivity (Wildman–Crippen MR) is 189 cm³/mol. The third-order valence-electron chi connectivity index (χ3n) is 14.1. The first-order valence-electron chi connectivity index (χ1n) is 18.4. The Morgan fingerprint density at radius 2 is 1.67 bits per heavy atom. The molecular formula is C41H60O4Si. The molecule has 0 heterocycles. The molecule has 1 N–H and O–H groups in total. The van der Waals surface area contributed by atoms with E-state index in [9.17, 15) is 9.90 Å². The van der Waals surface area contributed by atoms with Crippen molar-refractivity contribution in [2.45, 2.75) is 136 Å². The second kappa shape index (κ2) is 12.7. The van der Waals surface area contributed by atoms with Crippen LogP contribution in [0.15, 0.2) is 48.5 Å². The highest BCUT2D eigenvalue weighted by Crippen LogP contribution is 2.68. The standard InChI is InChI=1S/C41H60O4Si/c1-39(2,3)46(6,7)45-37-17-16-35-38-30(24-31-25-32(42)18-20-40(31,4)36(38)19-21-41(35,37)5)15-11-14-29-22-33(43)26-34(23-29)44-27-28-12-9-8-10-13-28/h8-10,12-13,22-23,26,30-31,35-38,43H,11,14-21,24-25,27H2,1-7H3/t30-,31+,35+,36+,37+,38+,40+,41+/m1/s1. The summed E-state index contributed by atoms with van der Waals surface area (Å²) < 4.78 is 13.3. The molecule has 2 aromatic carbocycles. The van der Waals surface area contributed by atoms with Gasteiger partial charge in [0.1, 0.15) is 23.9 Å². The Morgan fingerprint density at radius 1 is 0.935 bits per heavy atom. The van der Waals surface area contributed by atoms with E-state index >= 15 is 0 Å². The molecule has 4 aliphatic rings. The molecule has 46 heavy (non-hydrogen) atoms. The number of Topliss-reactive ketones (excluding diaryl/α,β-unsaturated/α-hetero) is 1. The molecule has 0 saturated heterocycles. The zero-order valence-corrected chi connectivity index (χ0v) is 30.7. The maximum atomic E-state index is 12.8. The van der Waals surface area contributed by atoms with Crippen molar-refractivity contribution in [1.82, 2.24) is 0 Å². The van der Waals surface area contributed by atoms with E-state index in [0.29, 0.717) is 47.6 Å². The Morgan fingerprint density at radius 3 is 2.41 bits per heavy atom. The molecule has 0 bridgehead atoms. The van der Waals surface area contributed by atoms with Gasteiger partial charge in [-0.25, -0.2) is 0 Å². The zero-order chi connectivity index (χ0) is 32.9. The van der Waals surface area contributed by atoms with Crippen molar-refractivity contribution in [3.8, 4) is 11.5 Å². The fourth-order valence-corrected chi connectivity index (χ4v) is 11.8. The fraction of sp³-hybridized carbons (Fsp3) is 0.683. The van der Waals surface area contributed by atoms with Gasteiger partial charge in [0.25, 0.3) is 0 Å². The quantitative estimate of drug-likeness (QED) is 0.276. The number of fused-ring (bicyclic) bond motifs is 5. The Kier molecular flexibility index (Phi) is 9.35. The first kappa shape index (κ1) is 33.8. The molecule has 4 fully saturated rings. The van der Waals surface area contributed by atoms with Crippen molar-refractivity contribution in [2.75, 3.05) is 0 Å². The third-order valence-corrected chi connectivity index (χ3v) is 18.5. The van der Waals surface area contributed by atoms with E-state index in [4.69, 9.17) is 9.16 Å². The van der Waals surface area contributed by atoms with E-state index in [0.717, 1.165) is 54.9 Å². The molecule has 0 aliphatic heterocycles. The topological polar surface area (TPSA) is 55.8 Å². The van der Waals surface area contributed by atoms with Crippen LogP contribution in [0.2, 0.25) is 18.1 Å². The Hall–Kier alpha value is -2.11. The minimum atomic E-state index is -1.87. The maximum Gasteiger partial charge on any atom is 0.192 e. The molecule has 0 radical (unpaired) electrons. The van der Waals surface area contributed by atoms with Gasteiger partial charge in [-0.2, -0.15) is 0 Å². The maximum absolute atomic E-state index is 12.8. The van der Waals surface area contributed by atoms with Crippen LogP contribution in [0.1, 0.15) is 110 Å². The largest absolute Gasteiger partial charge is 0.508 e. The second-order valence-corrected chi connectivity index (χ2v) is 22.5. The lowest BCUT2D eigenvalue weighted by atomic mass is 9.42. The zero-order valence-electron chi connectivity index (χ0n) is 29.7. The van der Waals surface area contributed by atoms with Crippen LogP contribution in [0.25, 0.3) is 0 Å². The minimum Gasteiger partial charge on any atom is -0.508 e. The number of carbonyl (C=O) groups is 1. The molecule has 4 nitrogen and oxygen atoms in total. The van der Waals surface area contributed by atoms with E-state index in [1.807, 2.05) is 24.3 Å². The summed E-state index contributed by atoms with van der Waals surface area (Å²) >= 11 is 0. The van der Waals surface area contributed by atoms with Gasteiger partial charge in [-0.3, -0.25) is 4.79 Å². The monoisotopic (exact) mass is 644 g/mol. The Labute approximate surface area is 280 Å². The van der Waals surface area contributed by atoms with Crippen molar-refractivity contribution in [1.29, 1.82) is 0 Å². The van der Waals surface area contributed by atoms with Gasteiger partial charge in [-0.15, -0.1) is 0 Å². The van der Waals surface area contributed by atoms with E-state index in [1.165, 1.54) is 38.5 Å². The van der Waals surface area contributed by atoms with Crippen LogP contribution in [0.5, 0.6) is 11.5 Å². The molecule has 2 aromatic rings. The summed E-state index contributed by atoms with van der Waals surface area (Å²) in [5.74, 6) is 4.82. The van der Waals surface area contributed by atoms with E-state index in [-0.39, 0.29) is 16.2 Å². The second-order valence-electron chi connectivity index (χ2n) is 17.7. The number of phenolic OH excluding ortho intramolecular Hbond substituents is 1. The number of hydrogen-bond acceptors (Lipinski definition) is 4. The molecule has 5 heteroatoms. The van der Waals surface area contributed by atoms with Gasteiger partial charge >= 0.3 is 0 Å². The summed E-state index contributed by atoms with van der Waals surface area (Å²) in [6.45, 7) is 17.6. The van der Waals surface area contributed by atoms with Gasteiger partial charge in [0.05, 0.1) is 6.10 Å². The lowest BCUT2D eigenvalue weighted by molar-refractivity contribution is -0.155. The number of ketones is 1. The molecule has 6 rings (SSSR count). The molecule has 4 saturated carbocycles. The number of hydrogen-bond donors (Lipinski definition) is 1. The van der Waals surface area contributed by atoms with Gasteiger partial charge in [0.2, 0.25) is 0 Å². The number of benzene rings is 2. The van der Waals surface area contributed by atoms with Gasteiger partial charge < -0.3 is 14.3 Å². The number of aryl methyl sites for hydroxylation is 1. The molecule has 0 unspecified atom stereocenters. The first-order valence-corrected chi connectivity index (χ1v) is 21.3. The Bertz CT molecular complexity index is 1380. The number of carbonyl (C=O) groups excluding carboxylic acids is 1. The first-order chi connectivity index (χ1) is 21.7. The summed E-state index contributed by atoms with van der Waals surface area (Å²) in [5, 5.41) is 10.8. The van der Waals surface area contributed by atoms with Crippen molar-refractivity contribution >= 4 is 14.1 Å². The molecule has 8 atom stereocenters.